The predicted molar refractivity (Wildman–Crippen MR) is 172 cm³/mol. The van der Waals surface area contributed by atoms with E-state index < -0.39 is 15.9 Å². The molecular formula is C31H36N4O7S2. The Morgan fingerprint density at radius 3 is 2.18 bits per heavy atom. The van der Waals surface area contributed by atoms with Crippen molar-refractivity contribution in [2.45, 2.75) is 31.6 Å². The maximum atomic E-state index is 13.9. The largest absolute Gasteiger partial charge is 0.497 e. The second kappa shape index (κ2) is 14.5. The minimum absolute atomic E-state index is 0.117. The van der Waals surface area contributed by atoms with E-state index in [4.69, 9.17) is 18.9 Å². The molecule has 4 rings (SSSR count). The normalized spacial score (nSPS) is 11.7. The van der Waals surface area contributed by atoms with Gasteiger partial charge in [0.2, 0.25) is 20.9 Å². The van der Waals surface area contributed by atoms with Crippen molar-refractivity contribution in [3.63, 3.8) is 0 Å². The third kappa shape index (κ3) is 6.95. The number of thiazole rings is 1. The van der Waals surface area contributed by atoms with Crippen molar-refractivity contribution in [1.82, 2.24) is 9.29 Å². The Morgan fingerprint density at radius 2 is 1.61 bits per heavy atom. The molecule has 4 aromatic rings. The van der Waals surface area contributed by atoms with Gasteiger partial charge in [0.05, 0.1) is 49.8 Å². The molecular weight excluding hydrogens is 604 g/mol. The topological polar surface area (TPSA) is 120 Å². The van der Waals surface area contributed by atoms with Crippen LogP contribution in [0.5, 0.6) is 23.0 Å². The molecule has 0 spiro atoms. The number of hydrogen-bond acceptors (Lipinski definition) is 10. The van der Waals surface area contributed by atoms with Crippen LogP contribution >= 0.6 is 11.3 Å². The van der Waals surface area contributed by atoms with Crippen molar-refractivity contribution in [2.24, 2.45) is 5.10 Å². The molecule has 0 radical (unpaired) electrons. The van der Waals surface area contributed by atoms with Crippen LogP contribution in [0, 0.1) is 0 Å². The molecule has 1 aromatic heterocycles. The van der Waals surface area contributed by atoms with Gasteiger partial charge in [0.25, 0.3) is 5.91 Å². The Balaban J connectivity index is 1.74. The summed E-state index contributed by atoms with van der Waals surface area (Å²) in [6, 6.07) is 14.7. The Kier molecular flexibility index (Phi) is 10.8. The lowest BCUT2D eigenvalue weighted by molar-refractivity contribution is 0.0987. The highest BCUT2D eigenvalue weighted by Crippen LogP contribution is 2.38. The summed E-state index contributed by atoms with van der Waals surface area (Å²) in [5.41, 5.74) is 1.48. The zero-order valence-electron chi connectivity index (χ0n) is 25.6. The fraction of sp³-hybridized carbons (Fsp3) is 0.323. The monoisotopic (exact) mass is 640 g/mol. The fourth-order valence-electron chi connectivity index (χ4n) is 4.42. The standard InChI is InChI=1S/C31H36N4O7S2/c1-7-9-16-34(8-2)44(37,38)24-13-10-22(11-14-24)30(36)35(31-33-25-15-12-23(39-3)19-28(25)43-31)32-20-21-17-26(40-4)29(42-6)27(18-21)41-5/h10-15,17-20H,7-9,16H2,1-6H3/b32-20+. The average Bonchev–Trinajstić information content (AvgIpc) is 3.47. The molecule has 1 heterocycles. The van der Waals surface area contributed by atoms with Crippen LogP contribution in [-0.2, 0) is 10.0 Å². The smallest absolute Gasteiger partial charge is 0.280 e. The Hall–Kier alpha value is -4.20. The molecule has 0 saturated carbocycles. The van der Waals surface area contributed by atoms with E-state index in [0.29, 0.717) is 52.3 Å². The number of carbonyl (C=O) groups is 1. The lowest BCUT2D eigenvalue weighted by Crippen LogP contribution is -2.32. The van der Waals surface area contributed by atoms with E-state index in [1.165, 1.54) is 72.5 Å². The van der Waals surface area contributed by atoms with Crippen LogP contribution in [0.15, 0.2) is 64.6 Å². The van der Waals surface area contributed by atoms with E-state index in [0.717, 1.165) is 17.5 Å². The number of rotatable bonds is 14. The summed E-state index contributed by atoms with van der Waals surface area (Å²) in [6.45, 7) is 4.61. The van der Waals surface area contributed by atoms with Crippen LogP contribution in [0.25, 0.3) is 10.2 Å². The van der Waals surface area contributed by atoms with Crippen molar-refractivity contribution >= 4 is 48.8 Å². The molecule has 0 fully saturated rings. The fourth-order valence-corrected chi connectivity index (χ4v) is 6.86. The number of anilines is 1. The number of aromatic nitrogens is 1. The van der Waals surface area contributed by atoms with Crippen molar-refractivity contribution in [2.75, 3.05) is 46.5 Å². The van der Waals surface area contributed by atoms with Gasteiger partial charge in [-0.15, -0.1) is 0 Å². The number of sulfonamides is 1. The molecule has 234 valence electrons. The number of methoxy groups -OCH3 is 4. The molecule has 3 aromatic carbocycles. The summed E-state index contributed by atoms with van der Waals surface area (Å²) in [5.74, 6) is 1.43. The van der Waals surface area contributed by atoms with E-state index in [9.17, 15) is 13.2 Å². The van der Waals surface area contributed by atoms with Gasteiger partial charge in [0.15, 0.2) is 11.5 Å². The van der Waals surface area contributed by atoms with E-state index in [-0.39, 0.29) is 10.5 Å². The molecule has 0 aliphatic carbocycles. The first-order valence-corrected chi connectivity index (χ1v) is 16.2. The number of unbranched alkanes of at least 4 members (excludes halogenated alkanes) is 1. The van der Waals surface area contributed by atoms with E-state index in [2.05, 4.69) is 10.1 Å². The van der Waals surface area contributed by atoms with Gasteiger partial charge in [0.1, 0.15) is 5.75 Å². The van der Waals surface area contributed by atoms with Crippen molar-refractivity contribution < 1.29 is 32.2 Å². The highest BCUT2D eigenvalue weighted by molar-refractivity contribution is 7.89. The van der Waals surface area contributed by atoms with Crippen LogP contribution in [0.2, 0.25) is 0 Å². The van der Waals surface area contributed by atoms with Crippen LogP contribution < -0.4 is 24.0 Å². The van der Waals surface area contributed by atoms with E-state index in [1.807, 2.05) is 19.9 Å². The van der Waals surface area contributed by atoms with E-state index >= 15 is 0 Å². The van der Waals surface area contributed by atoms with Gasteiger partial charge in [-0.05, 0) is 61.0 Å². The molecule has 1 amide bonds. The van der Waals surface area contributed by atoms with E-state index in [1.54, 1.807) is 31.4 Å². The highest BCUT2D eigenvalue weighted by Gasteiger charge is 2.25. The van der Waals surface area contributed by atoms with Gasteiger partial charge < -0.3 is 18.9 Å². The number of hydrazone groups is 1. The molecule has 0 saturated heterocycles. The third-order valence-electron chi connectivity index (χ3n) is 6.82. The Bertz CT molecular complexity index is 1710. The maximum Gasteiger partial charge on any atom is 0.280 e. The highest BCUT2D eigenvalue weighted by atomic mass is 32.2. The zero-order chi connectivity index (χ0) is 31.9. The third-order valence-corrected chi connectivity index (χ3v) is 9.80. The number of nitrogens with zero attached hydrogens (tertiary/aromatic N) is 4. The number of hydrogen-bond donors (Lipinski definition) is 0. The minimum atomic E-state index is -3.70. The molecule has 11 nitrogen and oxygen atoms in total. The van der Waals surface area contributed by atoms with Crippen molar-refractivity contribution in [3.05, 3.63) is 65.7 Å². The van der Waals surface area contributed by atoms with Gasteiger partial charge in [-0.25, -0.2) is 13.4 Å². The first-order chi connectivity index (χ1) is 21.2. The second-order valence-electron chi connectivity index (χ2n) is 9.52. The zero-order valence-corrected chi connectivity index (χ0v) is 27.2. The number of ether oxygens (including phenoxy) is 4. The van der Waals surface area contributed by atoms with Gasteiger partial charge in [-0.3, -0.25) is 4.79 Å². The molecule has 0 N–H and O–H groups in total. The number of amides is 1. The summed E-state index contributed by atoms with van der Waals surface area (Å²) >= 11 is 1.26. The quantitative estimate of drug-likeness (QED) is 0.125. The summed E-state index contributed by atoms with van der Waals surface area (Å²) < 4.78 is 50.3. The van der Waals surface area contributed by atoms with Gasteiger partial charge in [-0.1, -0.05) is 31.6 Å². The summed E-state index contributed by atoms with van der Waals surface area (Å²) in [5, 5.41) is 6.03. The van der Waals surface area contributed by atoms with Gasteiger partial charge in [-0.2, -0.15) is 14.4 Å². The molecule has 0 aliphatic heterocycles. The molecule has 44 heavy (non-hydrogen) atoms. The van der Waals surface area contributed by atoms with Gasteiger partial charge >= 0.3 is 0 Å². The van der Waals surface area contributed by atoms with Crippen LogP contribution in [-0.4, -0.2) is 71.4 Å². The summed E-state index contributed by atoms with van der Waals surface area (Å²) in [6.07, 6.45) is 3.13. The summed E-state index contributed by atoms with van der Waals surface area (Å²) in [7, 11) is 2.41. The first-order valence-electron chi connectivity index (χ1n) is 13.9. The number of benzene rings is 3. The SMILES string of the molecule is CCCCN(CC)S(=O)(=O)c1ccc(C(=O)N(/N=C/c2cc(OC)c(OC)c(OC)c2)c2nc3ccc(OC)cc3s2)cc1. The summed E-state index contributed by atoms with van der Waals surface area (Å²) in [4.78, 5) is 18.7. The number of carbonyl (C=O) groups excluding carboxylic acids is 1. The van der Waals surface area contributed by atoms with Crippen molar-refractivity contribution in [3.8, 4) is 23.0 Å². The second-order valence-corrected chi connectivity index (χ2v) is 12.5. The average molecular weight is 641 g/mol. The molecule has 0 bridgehead atoms. The molecule has 0 aliphatic rings. The number of fused-ring (bicyclic) bond motifs is 1. The van der Waals surface area contributed by atoms with Crippen LogP contribution in [0.4, 0.5) is 5.13 Å². The van der Waals surface area contributed by atoms with Gasteiger partial charge in [0, 0.05) is 24.2 Å². The van der Waals surface area contributed by atoms with Crippen LogP contribution in [0.1, 0.15) is 42.6 Å². The molecule has 0 unspecified atom stereocenters. The molecule has 0 atom stereocenters. The first kappa shape index (κ1) is 32.7. The van der Waals surface area contributed by atoms with Crippen molar-refractivity contribution in [1.29, 1.82) is 0 Å². The molecule has 13 heteroatoms. The minimum Gasteiger partial charge on any atom is -0.497 e. The predicted octanol–water partition coefficient (Wildman–Crippen LogP) is 5.82. The maximum absolute atomic E-state index is 13.9. The lowest BCUT2D eigenvalue weighted by Gasteiger charge is -2.20. The van der Waals surface area contributed by atoms with Crippen LogP contribution in [0.3, 0.4) is 0 Å². The Morgan fingerprint density at radius 1 is 0.932 bits per heavy atom. The Labute approximate surface area is 261 Å². The lowest BCUT2D eigenvalue weighted by atomic mass is 10.2.